The number of rotatable bonds is 5. The van der Waals surface area contributed by atoms with E-state index in [2.05, 4.69) is 15.3 Å². The van der Waals surface area contributed by atoms with E-state index >= 15 is 0 Å². The fourth-order valence-corrected chi connectivity index (χ4v) is 3.00. The van der Waals surface area contributed by atoms with Gasteiger partial charge in [-0.25, -0.2) is 9.97 Å². The molecule has 0 bridgehead atoms. The number of amides is 1. The lowest BCUT2D eigenvalue weighted by atomic mass is 9.97. The van der Waals surface area contributed by atoms with Crippen LogP contribution >= 0.6 is 11.6 Å². The van der Waals surface area contributed by atoms with Crippen molar-refractivity contribution in [2.24, 2.45) is 7.05 Å². The molecule has 0 saturated heterocycles. The molecular weight excluding hydrogens is 397 g/mol. The number of carbonyl (C=O) groups excluding carboxylic acids is 1. The molecule has 1 amide bonds. The average molecular weight is 413 g/mol. The van der Waals surface area contributed by atoms with Crippen molar-refractivity contribution in [3.05, 3.63) is 59.3 Å². The van der Waals surface area contributed by atoms with Gasteiger partial charge in [-0.2, -0.15) is 13.2 Å². The van der Waals surface area contributed by atoms with Crippen molar-refractivity contribution in [1.29, 1.82) is 0 Å². The lowest BCUT2D eigenvalue weighted by Crippen LogP contribution is -2.46. The fourth-order valence-electron chi connectivity index (χ4n) is 2.85. The minimum absolute atomic E-state index is 0.254. The van der Waals surface area contributed by atoms with E-state index in [-0.39, 0.29) is 5.56 Å². The molecule has 0 aliphatic carbocycles. The Hall–Kier alpha value is -2.65. The van der Waals surface area contributed by atoms with Crippen LogP contribution in [0.1, 0.15) is 22.6 Å². The predicted octanol–water partition coefficient (Wildman–Crippen LogP) is 3.19. The highest BCUT2D eigenvalue weighted by Gasteiger charge is 2.57. The highest BCUT2D eigenvalue weighted by Crippen LogP contribution is 2.40. The minimum Gasteiger partial charge on any atom is -0.374 e. The Morgan fingerprint density at radius 3 is 2.68 bits per heavy atom. The third kappa shape index (κ3) is 3.81. The van der Waals surface area contributed by atoms with Gasteiger partial charge < -0.3 is 15.0 Å². The molecule has 0 fully saturated rings. The monoisotopic (exact) mass is 412 g/mol. The van der Waals surface area contributed by atoms with E-state index in [0.29, 0.717) is 16.1 Å². The van der Waals surface area contributed by atoms with Gasteiger partial charge >= 0.3 is 6.18 Å². The summed E-state index contributed by atoms with van der Waals surface area (Å²) in [6.45, 7) is -0.404. The van der Waals surface area contributed by atoms with E-state index in [9.17, 15) is 23.1 Å². The van der Waals surface area contributed by atoms with Crippen LogP contribution in [0.2, 0.25) is 5.15 Å². The Morgan fingerprint density at radius 1 is 1.29 bits per heavy atom. The molecule has 0 aliphatic heterocycles. The molecule has 2 aromatic heterocycles. The molecule has 148 valence electrons. The summed E-state index contributed by atoms with van der Waals surface area (Å²) in [5.41, 5.74) is -2.34. The second-order valence-electron chi connectivity index (χ2n) is 6.27. The molecule has 6 nitrogen and oxygen atoms in total. The molecule has 1 aromatic carbocycles. The zero-order chi connectivity index (χ0) is 20.5. The first-order valence-corrected chi connectivity index (χ1v) is 8.61. The third-order valence-corrected chi connectivity index (χ3v) is 4.56. The lowest BCUT2D eigenvalue weighted by Gasteiger charge is -2.30. The third-order valence-electron chi connectivity index (χ3n) is 4.35. The number of pyridine rings is 1. The molecule has 0 spiro atoms. The predicted molar refractivity (Wildman–Crippen MR) is 96.9 cm³/mol. The van der Waals surface area contributed by atoms with Crippen LogP contribution in [0.3, 0.4) is 0 Å². The van der Waals surface area contributed by atoms with Crippen molar-refractivity contribution in [3.63, 3.8) is 0 Å². The summed E-state index contributed by atoms with van der Waals surface area (Å²) in [4.78, 5) is 20.0. The van der Waals surface area contributed by atoms with E-state index < -0.39 is 36.5 Å². The van der Waals surface area contributed by atoms with Crippen molar-refractivity contribution < 1.29 is 23.1 Å². The number of carbonyl (C=O) groups is 1. The van der Waals surface area contributed by atoms with Crippen LogP contribution in [0.25, 0.3) is 10.9 Å². The molecule has 2 heterocycles. The van der Waals surface area contributed by atoms with Gasteiger partial charge in [-0.3, -0.25) is 4.79 Å². The quantitative estimate of drug-likeness (QED) is 0.631. The molecule has 3 aromatic rings. The number of nitrogens with zero attached hydrogens (tertiary/aromatic N) is 3. The van der Waals surface area contributed by atoms with Gasteiger partial charge in [0, 0.05) is 43.4 Å². The van der Waals surface area contributed by atoms with Crippen LogP contribution in [0, 0.1) is 0 Å². The number of halogens is 4. The molecule has 0 aliphatic rings. The second kappa shape index (κ2) is 7.40. The highest BCUT2D eigenvalue weighted by atomic mass is 35.5. The zero-order valence-corrected chi connectivity index (χ0v) is 15.4. The van der Waals surface area contributed by atoms with Crippen LogP contribution in [0.15, 0.2) is 42.7 Å². The zero-order valence-electron chi connectivity index (χ0n) is 14.7. The average Bonchev–Trinajstić information content (AvgIpc) is 3.06. The molecule has 28 heavy (non-hydrogen) atoms. The molecule has 3 rings (SSSR count). The SMILES string of the molecule is Cn1ccnc1C(O)(CCNC(=O)c1ccc2nc(Cl)ccc2c1)C(F)(F)F. The molecule has 1 atom stereocenters. The number of hydrogen-bond acceptors (Lipinski definition) is 4. The smallest absolute Gasteiger partial charge is 0.374 e. The topological polar surface area (TPSA) is 80.0 Å². The summed E-state index contributed by atoms with van der Waals surface area (Å²) in [7, 11) is 1.35. The summed E-state index contributed by atoms with van der Waals surface area (Å²) in [6, 6.07) is 7.90. The standard InChI is InChI=1S/C18H16ClF3N4O2/c1-26-9-8-24-16(26)17(28,18(20,21)22)6-7-23-15(27)12-2-4-13-11(10-12)3-5-14(19)25-13/h2-5,8-10,28H,6-7H2,1H3,(H,23,27). The Kier molecular flexibility index (Phi) is 5.31. The van der Waals surface area contributed by atoms with Crippen molar-refractivity contribution >= 4 is 28.4 Å². The first-order chi connectivity index (χ1) is 13.1. The maximum Gasteiger partial charge on any atom is 0.424 e. The lowest BCUT2D eigenvalue weighted by molar-refractivity contribution is -0.272. The maximum atomic E-state index is 13.5. The van der Waals surface area contributed by atoms with Gasteiger partial charge in [0.1, 0.15) is 11.0 Å². The first-order valence-electron chi connectivity index (χ1n) is 8.23. The highest BCUT2D eigenvalue weighted by molar-refractivity contribution is 6.29. The number of aromatic nitrogens is 3. The van der Waals surface area contributed by atoms with Crippen LogP contribution in [-0.2, 0) is 12.6 Å². The van der Waals surface area contributed by atoms with E-state index in [1.807, 2.05) is 0 Å². The van der Waals surface area contributed by atoms with Gasteiger partial charge in [-0.1, -0.05) is 11.6 Å². The van der Waals surface area contributed by atoms with Crippen LogP contribution < -0.4 is 5.32 Å². The summed E-state index contributed by atoms with van der Waals surface area (Å²) >= 11 is 5.81. The van der Waals surface area contributed by atoms with Crippen LogP contribution in [0.5, 0.6) is 0 Å². The van der Waals surface area contributed by atoms with Crippen molar-refractivity contribution in [2.45, 2.75) is 18.2 Å². The largest absolute Gasteiger partial charge is 0.424 e. The van der Waals surface area contributed by atoms with Gasteiger partial charge in [-0.05, 0) is 30.3 Å². The van der Waals surface area contributed by atoms with E-state index in [1.54, 1.807) is 24.3 Å². The second-order valence-corrected chi connectivity index (χ2v) is 6.65. The van der Waals surface area contributed by atoms with Gasteiger partial charge in [0.15, 0.2) is 0 Å². The van der Waals surface area contributed by atoms with Crippen LogP contribution in [-0.4, -0.2) is 38.3 Å². The summed E-state index contributed by atoms with van der Waals surface area (Å²) in [6.07, 6.45) is -3.26. The number of imidazole rings is 1. The number of benzene rings is 1. The van der Waals surface area contributed by atoms with Gasteiger partial charge in [0.25, 0.3) is 5.91 Å². The van der Waals surface area contributed by atoms with E-state index in [4.69, 9.17) is 11.6 Å². The number of alkyl halides is 3. The summed E-state index contributed by atoms with van der Waals surface area (Å²) in [5, 5.41) is 13.6. The number of hydrogen-bond donors (Lipinski definition) is 2. The maximum absolute atomic E-state index is 13.5. The normalized spacial score (nSPS) is 14.1. The van der Waals surface area contributed by atoms with E-state index in [0.717, 1.165) is 4.57 Å². The molecule has 0 radical (unpaired) electrons. The Bertz CT molecular complexity index is 1020. The summed E-state index contributed by atoms with van der Waals surface area (Å²) in [5.74, 6) is -1.11. The minimum atomic E-state index is -4.95. The number of nitrogens with one attached hydrogen (secondary N) is 1. The fraction of sp³-hybridized carbons (Fsp3) is 0.278. The van der Waals surface area contributed by atoms with Gasteiger partial charge in [0.2, 0.25) is 5.60 Å². The van der Waals surface area contributed by atoms with Crippen LogP contribution in [0.4, 0.5) is 13.2 Å². The van der Waals surface area contributed by atoms with E-state index in [1.165, 1.54) is 25.5 Å². The van der Waals surface area contributed by atoms with Gasteiger partial charge in [0.05, 0.1) is 5.52 Å². The molecular formula is C18H16ClF3N4O2. The summed E-state index contributed by atoms with van der Waals surface area (Å²) < 4.78 is 41.5. The first kappa shape index (κ1) is 20.1. The van der Waals surface area contributed by atoms with Gasteiger partial charge in [-0.15, -0.1) is 0 Å². The molecule has 2 N–H and O–H groups in total. The van der Waals surface area contributed by atoms with Crippen molar-refractivity contribution in [2.75, 3.05) is 6.54 Å². The Balaban J connectivity index is 1.73. The Labute approximate surface area is 163 Å². The number of aryl methyl sites for hydroxylation is 1. The van der Waals surface area contributed by atoms with Crippen molar-refractivity contribution in [1.82, 2.24) is 19.9 Å². The number of fused-ring (bicyclic) bond motifs is 1. The molecule has 0 saturated carbocycles. The Morgan fingerprint density at radius 2 is 2.04 bits per heavy atom. The molecule has 10 heteroatoms. The molecule has 1 unspecified atom stereocenters. The van der Waals surface area contributed by atoms with Crippen molar-refractivity contribution in [3.8, 4) is 0 Å². The number of aliphatic hydroxyl groups is 1.